The molecule has 4 saturated carbocycles. The maximum atomic E-state index is 12.0. The van der Waals surface area contributed by atoms with Crippen LogP contribution in [0.25, 0.3) is 0 Å². The van der Waals surface area contributed by atoms with E-state index in [9.17, 15) is 33.9 Å². The van der Waals surface area contributed by atoms with Gasteiger partial charge in [-0.25, -0.2) is 0 Å². The molecule has 3 aliphatic heterocycles. The molecule has 0 unspecified atom stereocenters. The second kappa shape index (κ2) is 24.6. The largest absolute Gasteiger partial charge is 0.396 e. The number of fused-ring (bicyclic) bond motifs is 5. The van der Waals surface area contributed by atoms with Gasteiger partial charge in [-0.15, -0.1) is 0 Å². The fraction of sp³-hybridized carbons (Fsp3) is 0.765. The lowest BCUT2D eigenvalue weighted by Crippen LogP contribution is -2.63. The molecule has 7 aliphatic rings. The van der Waals surface area contributed by atoms with Crippen molar-refractivity contribution in [2.75, 3.05) is 80.6 Å². The zero-order valence-electron chi connectivity index (χ0n) is 40.0. The normalized spacial score (nSPS) is 32.9. The maximum Gasteiger partial charge on any atom is 0.253 e. The summed E-state index contributed by atoms with van der Waals surface area (Å²) in [7, 11) is 0. The highest BCUT2D eigenvalue weighted by Gasteiger charge is 2.66. The summed E-state index contributed by atoms with van der Waals surface area (Å²) in [6.07, 6.45) is 20.6. The molecule has 0 radical (unpaired) electrons. The lowest BCUT2D eigenvalue weighted by atomic mass is 9.43. The van der Waals surface area contributed by atoms with Crippen molar-refractivity contribution in [1.29, 1.82) is 0 Å². The Morgan fingerprint density at radius 2 is 1.10 bits per heavy atom. The molecule has 4 fully saturated rings. The smallest absolute Gasteiger partial charge is 0.253 e. The average molecular weight is 986 g/mol. The maximum absolute atomic E-state index is 12.0. The zero-order chi connectivity index (χ0) is 47.6. The van der Waals surface area contributed by atoms with Crippen LogP contribution in [0.4, 0.5) is 0 Å². The molecule has 0 saturated heterocycles. The molecule has 13 nitrogen and oxygen atoms in total. The van der Waals surface area contributed by atoms with Gasteiger partial charge in [-0.2, -0.15) is 35.3 Å². The summed E-state index contributed by atoms with van der Waals surface area (Å²) >= 11 is 5.28. The van der Waals surface area contributed by atoms with E-state index in [1.807, 2.05) is 0 Å². The topological polar surface area (TPSA) is 160 Å². The Hall–Kier alpha value is -2.47. The number of amides is 6. The van der Waals surface area contributed by atoms with Crippen LogP contribution in [0, 0.1) is 46.3 Å². The third kappa shape index (κ3) is 12.4. The van der Waals surface area contributed by atoms with Crippen molar-refractivity contribution in [3.05, 3.63) is 36.5 Å². The highest BCUT2D eigenvalue weighted by Crippen LogP contribution is 2.69. The molecule has 6 amide bonds. The predicted molar refractivity (Wildman–Crippen MR) is 264 cm³/mol. The monoisotopic (exact) mass is 985 g/mol. The average Bonchev–Trinajstić information content (AvgIpc) is 4.04. The van der Waals surface area contributed by atoms with E-state index < -0.39 is 0 Å². The van der Waals surface area contributed by atoms with Gasteiger partial charge in [-0.05, 0) is 135 Å². The molecule has 0 aromatic heterocycles. The second-order valence-corrected chi connectivity index (χ2v) is 23.9. The molecule has 7 rings (SSSR count). The van der Waals surface area contributed by atoms with E-state index in [-0.39, 0.29) is 71.2 Å². The molecular weight excluding hydrogens is 911 g/mol. The number of rotatable bonds is 28. The molecule has 0 spiro atoms. The second-order valence-electron chi connectivity index (χ2n) is 20.3. The molecule has 4 aliphatic carbocycles. The Morgan fingerprint density at radius 3 is 1.61 bits per heavy atom. The Morgan fingerprint density at radius 1 is 0.612 bits per heavy atom. The molecular formula is C51H75N3O10S3. The number of nitrogens with zero attached hydrogens (tertiary/aromatic N) is 3. The van der Waals surface area contributed by atoms with Gasteiger partial charge in [0.15, 0.2) is 0 Å². The number of thioether (sulfide) groups is 3. The quantitative estimate of drug-likeness (QED) is 0.0663. The number of ether oxygens (including phenoxy) is 3. The Balaban J connectivity index is 0.989. The fourth-order valence-corrected chi connectivity index (χ4v) is 15.7. The molecule has 3 heterocycles. The van der Waals surface area contributed by atoms with Crippen molar-refractivity contribution < 1.29 is 48.1 Å². The molecule has 11 atom stereocenters. The first kappa shape index (κ1) is 52.4. The molecule has 0 aromatic carbocycles. The Kier molecular flexibility index (Phi) is 19.2. The van der Waals surface area contributed by atoms with Crippen LogP contribution >= 0.6 is 35.3 Å². The minimum Gasteiger partial charge on any atom is -0.396 e. The summed E-state index contributed by atoms with van der Waals surface area (Å²) in [6.45, 7) is 11.0. The minimum atomic E-state index is -0.230. The first-order chi connectivity index (χ1) is 32.4. The first-order valence-corrected chi connectivity index (χ1v) is 28.6. The van der Waals surface area contributed by atoms with Gasteiger partial charge < -0.3 is 19.3 Å². The van der Waals surface area contributed by atoms with Crippen LogP contribution in [0.15, 0.2) is 36.5 Å². The van der Waals surface area contributed by atoms with Gasteiger partial charge in [0.05, 0.1) is 18.3 Å². The highest BCUT2D eigenvalue weighted by atomic mass is 32.2. The van der Waals surface area contributed by atoms with Crippen molar-refractivity contribution in [3.8, 4) is 0 Å². The lowest BCUT2D eigenvalue weighted by molar-refractivity contribution is -0.227. The van der Waals surface area contributed by atoms with Crippen molar-refractivity contribution in [2.24, 2.45) is 46.3 Å². The van der Waals surface area contributed by atoms with E-state index in [4.69, 9.17) is 14.2 Å². The van der Waals surface area contributed by atoms with Crippen molar-refractivity contribution in [2.45, 2.75) is 116 Å². The van der Waals surface area contributed by atoms with Crippen LogP contribution < -0.4 is 0 Å². The summed E-state index contributed by atoms with van der Waals surface area (Å²) in [5, 5.41) is 9.86. The third-order valence-electron chi connectivity index (χ3n) is 16.6. The molecule has 372 valence electrons. The minimum absolute atomic E-state index is 0.0264. The number of hydrogen-bond donors (Lipinski definition) is 1. The van der Waals surface area contributed by atoms with Gasteiger partial charge in [-0.3, -0.25) is 43.5 Å². The van der Waals surface area contributed by atoms with Crippen LogP contribution in [0.5, 0.6) is 0 Å². The number of aliphatic hydroxyl groups excluding tert-OH is 1. The summed E-state index contributed by atoms with van der Waals surface area (Å²) in [6, 6.07) is 0. The molecule has 1 N–H and O–H groups in total. The van der Waals surface area contributed by atoms with E-state index in [0.29, 0.717) is 86.5 Å². The Bertz CT molecular complexity index is 1810. The van der Waals surface area contributed by atoms with E-state index in [0.717, 1.165) is 100 Å². The van der Waals surface area contributed by atoms with Gasteiger partial charge in [0.2, 0.25) is 0 Å². The van der Waals surface area contributed by atoms with E-state index in [1.165, 1.54) is 51.2 Å². The molecule has 67 heavy (non-hydrogen) atoms. The van der Waals surface area contributed by atoms with Crippen molar-refractivity contribution in [1.82, 2.24) is 14.7 Å². The van der Waals surface area contributed by atoms with Gasteiger partial charge >= 0.3 is 0 Å². The number of aliphatic hydroxyl groups is 1. The van der Waals surface area contributed by atoms with Crippen LogP contribution in [-0.4, -0.2) is 154 Å². The summed E-state index contributed by atoms with van der Waals surface area (Å²) in [5.41, 5.74) is 0.106. The standard InChI is InChI=1S/C51H75N3O10S3/c1-35(8-4-22-55)38-9-10-39-49-40(34-42(51(38,39)3)64-25-7-28-67-31-21-54-47(60)15-16-48(54)61)50(2)18-17-37(62-23-5-26-65-29-19-52-43(56)11-12-44(52)57)32-36(50)33-41(49)63-24-6-27-66-30-20-53-45(58)13-14-46(53)59/h11-16,35-42,49,55H,4-10,17-34H2,1-3H3/t35-,36+,37-,38-,39+,40+,41-,42+,49+,50+,51-/m1/s1. The number of imide groups is 3. The molecule has 0 aromatic rings. The SMILES string of the molecule is C[C@H](CCCO)[C@H]1CC[C@H]2[C@@H]3[C@H](OCCCSCCN4C(=O)C=CC4=O)C[C@@H]4C[C@H](OCCCSCCN5C(=O)C=CC5=O)CC[C@]4(C)[C@H]3C[C@H](OCCCSCCN3C(=O)C=CC3=O)[C@]12C. The zero-order valence-corrected chi connectivity index (χ0v) is 42.5. The van der Waals surface area contributed by atoms with Gasteiger partial charge in [-0.1, -0.05) is 20.8 Å². The lowest BCUT2D eigenvalue weighted by Gasteiger charge is -2.65. The van der Waals surface area contributed by atoms with E-state index in [2.05, 4.69) is 20.8 Å². The van der Waals surface area contributed by atoms with Gasteiger partial charge in [0, 0.05) is 105 Å². The van der Waals surface area contributed by atoms with Crippen LogP contribution in [0.3, 0.4) is 0 Å². The predicted octanol–water partition coefficient (Wildman–Crippen LogP) is 6.57. The van der Waals surface area contributed by atoms with Crippen molar-refractivity contribution in [3.63, 3.8) is 0 Å². The third-order valence-corrected chi connectivity index (χ3v) is 19.8. The summed E-state index contributed by atoms with van der Waals surface area (Å²) in [4.78, 5) is 75.9. The number of hydrogen-bond acceptors (Lipinski definition) is 13. The first-order valence-electron chi connectivity index (χ1n) is 25.2. The van der Waals surface area contributed by atoms with Gasteiger partial charge in [0.25, 0.3) is 35.4 Å². The van der Waals surface area contributed by atoms with Crippen LogP contribution in [0.1, 0.15) is 97.8 Å². The van der Waals surface area contributed by atoms with Gasteiger partial charge in [0.1, 0.15) is 0 Å². The molecule has 0 bridgehead atoms. The van der Waals surface area contributed by atoms with Crippen LogP contribution in [0.2, 0.25) is 0 Å². The summed E-state index contributed by atoms with van der Waals surface area (Å²) in [5.74, 6) is 6.24. The molecule has 16 heteroatoms. The van der Waals surface area contributed by atoms with E-state index in [1.54, 1.807) is 35.3 Å². The Labute approximate surface area is 411 Å². The summed E-state index contributed by atoms with van der Waals surface area (Å²) < 4.78 is 21.0. The van der Waals surface area contributed by atoms with Crippen LogP contribution in [-0.2, 0) is 43.0 Å². The number of carbonyl (C=O) groups excluding carboxylic acids is 6. The van der Waals surface area contributed by atoms with E-state index >= 15 is 0 Å². The number of carbonyl (C=O) groups is 6. The fourth-order valence-electron chi connectivity index (χ4n) is 13.2. The van der Waals surface area contributed by atoms with Crippen molar-refractivity contribution >= 4 is 70.7 Å². The highest BCUT2D eigenvalue weighted by molar-refractivity contribution is 7.99.